The highest BCUT2D eigenvalue weighted by atomic mass is 32.2. The number of nitrogens with zero attached hydrogens (tertiary/aromatic N) is 4. The van der Waals surface area contributed by atoms with Gasteiger partial charge < -0.3 is 4.74 Å². The molecule has 136 valence electrons. The van der Waals surface area contributed by atoms with Gasteiger partial charge in [-0.1, -0.05) is 23.9 Å². The zero-order valence-corrected chi connectivity index (χ0v) is 15.3. The summed E-state index contributed by atoms with van der Waals surface area (Å²) in [5.41, 5.74) is 1.09. The smallest absolute Gasteiger partial charge is 0.191 e. The van der Waals surface area contributed by atoms with E-state index in [1.807, 2.05) is 10.6 Å². The number of hydrogen-bond donors (Lipinski definition) is 0. The van der Waals surface area contributed by atoms with E-state index >= 15 is 0 Å². The van der Waals surface area contributed by atoms with E-state index in [0.717, 1.165) is 23.7 Å². The minimum Gasteiger partial charge on any atom is -0.493 e. The van der Waals surface area contributed by atoms with Crippen LogP contribution in [0.2, 0.25) is 0 Å². The molecule has 2 aromatic carbocycles. The van der Waals surface area contributed by atoms with Gasteiger partial charge in [0, 0.05) is 11.8 Å². The summed E-state index contributed by atoms with van der Waals surface area (Å²) in [5, 5.41) is 18.1. The fraction of sp³-hybridized carbons (Fsp3) is 0.250. The molecule has 3 aromatic rings. The molecule has 0 radical (unpaired) electrons. The number of ether oxygens (including phenoxy) is 1. The van der Waals surface area contributed by atoms with Crippen LogP contribution < -0.4 is 4.74 Å². The molecule has 0 saturated heterocycles. The summed E-state index contributed by atoms with van der Waals surface area (Å²) in [6, 6.07) is 16.1. The predicted molar refractivity (Wildman–Crippen MR) is 101 cm³/mol. The average Bonchev–Trinajstić information content (AvgIpc) is 3.46. The van der Waals surface area contributed by atoms with Gasteiger partial charge >= 0.3 is 0 Å². The number of halogens is 1. The van der Waals surface area contributed by atoms with E-state index in [9.17, 15) is 4.39 Å². The second-order valence-electron chi connectivity index (χ2n) is 6.22. The molecule has 0 spiro atoms. The van der Waals surface area contributed by atoms with Crippen molar-refractivity contribution in [2.45, 2.75) is 24.0 Å². The molecular formula is C20H17FN4OS. The van der Waals surface area contributed by atoms with Crippen LogP contribution in [0.25, 0.3) is 11.4 Å². The van der Waals surface area contributed by atoms with Crippen molar-refractivity contribution in [1.82, 2.24) is 14.8 Å². The van der Waals surface area contributed by atoms with E-state index in [4.69, 9.17) is 10.00 Å². The van der Waals surface area contributed by atoms with Gasteiger partial charge in [0.15, 0.2) is 11.0 Å². The average molecular weight is 380 g/mol. The molecule has 1 aromatic heterocycles. The number of aromatic nitrogens is 3. The monoisotopic (exact) mass is 380 g/mol. The van der Waals surface area contributed by atoms with E-state index in [1.54, 1.807) is 48.2 Å². The maximum atomic E-state index is 14.2. The Bertz CT molecular complexity index is 976. The van der Waals surface area contributed by atoms with E-state index < -0.39 is 0 Å². The number of nitriles is 1. The summed E-state index contributed by atoms with van der Waals surface area (Å²) < 4.78 is 21.9. The van der Waals surface area contributed by atoms with Crippen molar-refractivity contribution in [1.29, 1.82) is 5.26 Å². The van der Waals surface area contributed by atoms with Crippen LogP contribution in [0.3, 0.4) is 0 Å². The highest BCUT2D eigenvalue weighted by Gasteiger charge is 2.30. The van der Waals surface area contributed by atoms with Crippen LogP contribution >= 0.6 is 11.8 Å². The van der Waals surface area contributed by atoms with Gasteiger partial charge in [0.2, 0.25) is 0 Å². The quantitative estimate of drug-likeness (QED) is 0.447. The van der Waals surface area contributed by atoms with Crippen LogP contribution in [0.5, 0.6) is 5.75 Å². The van der Waals surface area contributed by atoms with Gasteiger partial charge in [-0.25, -0.2) is 4.39 Å². The molecule has 0 atom stereocenters. The summed E-state index contributed by atoms with van der Waals surface area (Å²) in [5.74, 6) is 1.73. The third-order valence-electron chi connectivity index (χ3n) is 4.26. The fourth-order valence-electron chi connectivity index (χ4n) is 2.78. The summed E-state index contributed by atoms with van der Waals surface area (Å²) >= 11 is 1.55. The van der Waals surface area contributed by atoms with Crippen molar-refractivity contribution in [3.8, 4) is 23.2 Å². The second-order valence-corrected chi connectivity index (χ2v) is 7.28. The van der Waals surface area contributed by atoms with Gasteiger partial charge in [0.25, 0.3) is 0 Å². The first-order valence-corrected chi connectivity index (χ1v) is 9.70. The van der Waals surface area contributed by atoms with Crippen LogP contribution in [0.1, 0.15) is 24.4 Å². The molecule has 27 heavy (non-hydrogen) atoms. The molecular weight excluding hydrogens is 363 g/mol. The van der Waals surface area contributed by atoms with Gasteiger partial charge in [0.05, 0.1) is 23.8 Å². The Kier molecular flexibility index (Phi) is 5.07. The topological polar surface area (TPSA) is 63.7 Å². The second kappa shape index (κ2) is 7.80. The highest BCUT2D eigenvalue weighted by Crippen LogP contribution is 2.41. The molecule has 1 aliphatic rings. The first-order chi connectivity index (χ1) is 13.3. The minimum atomic E-state index is -0.285. The number of hydrogen-bond acceptors (Lipinski definition) is 5. The van der Waals surface area contributed by atoms with Crippen LogP contribution in [0.15, 0.2) is 53.7 Å². The third-order valence-corrected chi connectivity index (χ3v) is 5.17. The lowest BCUT2D eigenvalue weighted by Crippen LogP contribution is -2.04. The van der Waals surface area contributed by atoms with Gasteiger partial charge in [-0.2, -0.15) is 5.26 Å². The van der Waals surface area contributed by atoms with E-state index in [-0.39, 0.29) is 5.82 Å². The molecule has 0 amide bonds. The number of thioether (sulfide) groups is 1. The zero-order chi connectivity index (χ0) is 18.6. The van der Waals surface area contributed by atoms with Gasteiger partial charge in [-0.3, -0.25) is 4.57 Å². The van der Waals surface area contributed by atoms with Crippen LogP contribution in [-0.4, -0.2) is 27.1 Å². The summed E-state index contributed by atoms with van der Waals surface area (Å²) in [6.45, 7) is 0.503. The Labute approximate surface area is 160 Å². The Morgan fingerprint density at radius 2 is 1.93 bits per heavy atom. The van der Waals surface area contributed by atoms with E-state index in [1.165, 1.54) is 6.07 Å². The van der Waals surface area contributed by atoms with Crippen LogP contribution in [-0.2, 0) is 0 Å². The molecule has 0 bridgehead atoms. The largest absolute Gasteiger partial charge is 0.493 e. The first-order valence-electron chi connectivity index (χ1n) is 8.72. The molecule has 1 saturated carbocycles. The lowest BCUT2D eigenvalue weighted by Gasteiger charge is -2.10. The summed E-state index contributed by atoms with van der Waals surface area (Å²) in [7, 11) is 0. The van der Waals surface area contributed by atoms with E-state index in [2.05, 4.69) is 16.3 Å². The van der Waals surface area contributed by atoms with E-state index in [0.29, 0.717) is 35.4 Å². The maximum Gasteiger partial charge on any atom is 0.191 e. The lowest BCUT2D eigenvalue weighted by molar-refractivity contribution is 0.344. The Hall–Kier alpha value is -2.85. The van der Waals surface area contributed by atoms with Crippen molar-refractivity contribution in [2.75, 3.05) is 12.4 Å². The SMILES string of the molecule is N#Cc1ccc(OCCSc2nnc(-c3ccccc3F)n2C2CC2)cc1. The van der Waals surface area contributed by atoms with Gasteiger partial charge in [0.1, 0.15) is 11.6 Å². The lowest BCUT2D eigenvalue weighted by atomic mass is 10.2. The molecule has 0 N–H and O–H groups in total. The maximum absolute atomic E-state index is 14.2. The van der Waals surface area contributed by atoms with Crippen molar-refractivity contribution in [3.05, 3.63) is 59.9 Å². The molecule has 1 fully saturated rings. The van der Waals surface area contributed by atoms with Crippen LogP contribution in [0, 0.1) is 17.1 Å². The first kappa shape index (κ1) is 17.6. The van der Waals surface area contributed by atoms with Crippen LogP contribution in [0.4, 0.5) is 4.39 Å². The van der Waals surface area contributed by atoms with Crippen molar-refractivity contribution < 1.29 is 9.13 Å². The molecule has 5 nitrogen and oxygen atoms in total. The standard InChI is InChI=1S/C20H17FN4OS/c21-18-4-2-1-3-17(18)19-23-24-20(25(19)15-7-8-15)27-12-11-26-16-9-5-14(13-22)6-10-16/h1-6,9-10,15H,7-8,11-12H2. The predicted octanol–water partition coefficient (Wildman–Crippen LogP) is 4.46. The normalized spacial score (nSPS) is 13.3. The summed E-state index contributed by atoms with van der Waals surface area (Å²) in [4.78, 5) is 0. The molecule has 1 heterocycles. The van der Waals surface area contributed by atoms with Gasteiger partial charge in [-0.15, -0.1) is 10.2 Å². The number of rotatable bonds is 7. The number of benzene rings is 2. The van der Waals surface area contributed by atoms with Crippen molar-refractivity contribution in [2.24, 2.45) is 0 Å². The summed E-state index contributed by atoms with van der Waals surface area (Å²) in [6.07, 6.45) is 2.13. The zero-order valence-electron chi connectivity index (χ0n) is 14.5. The highest BCUT2D eigenvalue weighted by molar-refractivity contribution is 7.99. The minimum absolute atomic E-state index is 0.285. The van der Waals surface area contributed by atoms with Crippen molar-refractivity contribution in [3.63, 3.8) is 0 Å². The third kappa shape index (κ3) is 3.96. The molecule has 7 heteroatoms. The molecule has 0 unspecified atom stereocenters. The fourth-order valence-corrected chi connectivity index (χ4v) is 3.60. The Morgan fingerprint density at radius 1 is 1.15 bits per heavy atom. The Morgan fingerprint density at radius 3 is 2.63 bits per heavy atom. The molecule has 1 aliphatic carbocycles. The molecule has 4 rings (SSSR count). The Balaban J connectivity index is 1.42. The molecule has 0 aliphatic heterocycles. The van der Waals surface area contributed by atoms with Crippen molar-refractivity contribution >= 4 is 11.8 Å². The van der Waals surface area contributed by atoms with Gasteiger partial charge in [-0.05, 0) is 49.2 Å².